The van der Waals surface area contributed by atoms with E-state index in [0.29, 0.717) is 6.54 Å². The van der Waals surface area contributed by atoms with E-state index in [4.69, 9.17) is 5.11 Å². The normalized spacial score (nSPS) is 17.5. The lowest BCUT2D eigenvalue weighted by Crippen LogP contribution is -2.48. The molecular formula is C12H25NO3. The lowest BCUT2D eigenvalue weighted by atomic mass is 9.91. The molecule has 0 aliphatic rings. The minimum absolute atomic E-state index is 0.0484. The zero-order chi connectivity index (χ0) is 12.9. The van der Waals surface area contributed by atoms with E-state index in [1.807, 2.05) is 32.6 Å². The standard InChI is InChI=1S/C12H25NO3/c1-6-13(10(4)7-11(14)15)8-12(5,16)9(2)3/h9-10,16H,6-8H2,1-5H3,(H,14,15). The Morgan fingerprint density at radius 2 is 1.88 bits per heavy atom. The van der Waals surface area contributed by atoms with E-state index in [-0.39, 0.29) is 18.4 Å². The second-order valence-electron chi connectivity index (χ2n) is 5.02. The average Bonchev–Trinajstić information content (AvgIpc) is 2.12. The average molecular weight is 231 g/mol. The number of carboxylic acid groups (broad SMARTS) is 1. The number of aliphatic carboxylic acids is 1. The number of hydrogen-bond acceptors (Lipinski definition) is 3. The molecule has 4 heteroatoms. The first-order chi connectivity index (χ1) is 7.20. The molecule has 0 heterocycles. The summed E-state index contributed by atoms with van der Waals surface area (Å²) in [6, 6.07) is -0.0484. The van der Waals surface area contributed by atoms with Crippen LogP contribution >= 0.6 is 0 Å². The molecule has 0 amide bonds. The van der Waals surface area contributed by atoms with Crippen molar-refractivity contribution in [3.63, 3.8) is 0 Å². The molecule has 0 aliphatic carbocycles. The van der Waals surface area contributed by atoms with E-state index in [9.17, 15) is 9.90 Å². The van der Waals surface area contributed by atoms with E-state index >= 15 is 0 Å². The van der Waals surface area contributed by atoms with Gasteiger partial charge in [-0.05, 0) is 26.3 Å². The van der Waals surface area contributed by atoms with Gasteiger partial charge in [0.15, 0.2) is 0 Å². The van der Waals surface area contributed by atoms with Crippen molar-refractivity contribution in [2.75, 3.05) is 13.1 Å². The Morgan fingerprint density at radius 3 is 2.19 bits per heavy atom. The topological polar surface area (TPSA) is 60.8 Å². The molecule has 2 atom stereocenters. The number of rotatable bonds is 7. The van der Waals surface area contributed by atoms with Crippen molar-refractivity contribution in [2.24, 2.45) is 5.92 Å². The highest BCUT2D eigenvalue weighted by molar-refractivity contribution is 5.67. The molecule has 4 nitrogen and oxygen atoms in total. The van der Waals surface area contributed by atoms with E-state index in [1.165, 1.54) is 0 Å². The van der Waals surface area contributed by atoms with Gasteiger partial charge in [-0.1, -0.05) is 20.8 Å². The van der Waals surface area contributed by atoms with Gasteiger partial charge in [0.25, 0.3) is 0 Å². The zero-order valence-electron chi connectivity index (χ0n) is 11.0. The number of aliphatic hydroxyl groups is 1. The van der Waals surface area contributed by atoms with Crippen LogP contribution in [0.4, 0.5) is 0 Å². The second-order valence-corrected chi connectivity index (χ2v) is 5.02. The molecule has 0 aromatic heterocycles. The van der Waals surface area contributed by atoms with Gasteiger partial charge < -0.3 is 10.2 Å². The summed E-state index contributed by atoms with van der Waals surface area (Å²) in [6.45, 7) is 10.9. The lowest BCUT2D eigenvalue weighted by Gasteiger charge is -2.36. The van der Waals surface area contributed by atoms with Crippen molar-refractivity contribution in [3.05, 3.63) is 0 Å². The highest BCUT2D eigenvalue weighted by Crippen LogP contribution is 2.19. The summed E-state index contributed by atoms with van der Waals surface area (Å²) < 4.78 is 0. The quantitative estimate of drug-likeness (QED) is 0.698. The van der Waals surface area contributed by atoms with Gasteiger partial charge in [0.2, 0.25) is 0 Å². The van der Waals surface area contributed by atoms with E-state index < -0.39 is 11.6 Å². The highest BCUT2D eigenvalue weighted by atomic mass is 16.4. The number of carboxylic acids is 1. The fraction of sp³-hybridized carbons (Fsp3) is 0.917. The molecule has 16 heavy (non-hydrogen) atoms. The first-order valence-corrected chi connectivity index (χ1v) is 5.89. The number of nitrogens with zero attached hydrogens (tertiary/aromatic N) is 1. The summed E-state index contributed by atoms with van der Waals surface area (Å²) in [5.41, 5.74) is -0.775. The third-order valence-corrected chi connectivity index (χ3v) is 3.27. The maximum atomic E-state index is 10.6. The van der Waals surface area contributed by atoms with Crippen LogP contribution in [0.25, 0.3) is 0 Å². The second kappa shape index (κ2) is 6.21. The molecule has 0 aromatic rings. The molecule has 0 spiro atoms. The fourth-order valence-corrected chi connectivity index (χ4v) is 1.55. The molecule has 0 aromatic carbocycles. The zero-order valence-corrected chi connectivity index (χ0v) is 11.0. The Balaban J connectivity index is 4.45. The van der Waals surface area contributed by atoms with Gasteiger partial charge in [0.05, 0.1) is 12.0 Å². The van der Waals surface area contributed by atoms with Gasteiger partial charge in [0.1, 0.15) is 0 Å². The molecule has 0 rings (SSSR count). The predicted octanol–water partition coefficient (Wildman–Crippen LogP) is 1.58. The summed E-state index contributed by atoms with van der Waals surface area (Å²) in [6.07, 6.45) is 0.113. The van der Waals surface area contributed by atoms with Gasteiger partial charge in [-0.3, -0.25) is 9.69 Å². The maximum absolute atomic E-state index is 10.6. The predicted molar refractivity (Wildman–Crippen MR) is 64.4 cm³/mol. The van der Waals surface area contributed by atoms with Gasteiger partial charge >= 0.3 is 5.97 Å². The van der Waals surface area contributed by atoms with Gasteiger partial charge in [0, 0.05) is 12.6 Å². The fourth-order valence-electron chi connectivity index (χ4n) is 1.55. The van der Waals surface area contributed by atoms with Crippen molar-refractivity contribution in [2.45, 2.75) is 52.7 Å². The molecule has 0 radical (unpaired) electrons. The highest BCUT2D eigenvalue weighted by Gasteiger charge is 2.29. The van der Waals surface area contributed by atoms with Crippen molar-refractivity contribution in [3.8, 4) is 0 Å². The SMILES string of the molecule is CCN(CC(C)(O)C(C)C)C(C)CC(=O)O. The first kappa shape index (κ1) is 15.4. The summed E-state index contributed by atoms with van der Waals surface area (Å²) in [5.74, 6) is -0.645. The van der Waals surface area contributed by atoms with Crippen molar-refractivity contribution < 1.29 is 15.0 Å². The molecule has 0 bridgehead atoms. The van der Waals surface area contributed by atoms with Crippen LogP contribution in [-0.4, -0.2) is 45.8 Å². The molecule has 0 saturated carbocycles. The Morgan fingerprint density at radius 1 is 1.38 bits per heavy atom. The van der Waals surface area contributed by atoms with E-state index in [2.05, 4.69) is 0 Å². The van der Waals surface area contributed by atoms with Crippen LogP contribution in [0.3, 0.4) is 0 Å². The van der Waals surface area contributed by atoms with E-state index in [1.54, 1.807) is 6.92 Å². The molecule has 0 saturated heterocycles. The Bertz CT molecular complexity index is 226. The number of likely N-dealkylation sites (N-methyl/N-ethyl adjacent to an activating group) is 1. The minimum Gasteiger partial charge on any atom is -0.481 e. The van der Waals surface area contributed by atoms with Crippen LogP contribution < -0.4 is 0 Å². The molecule has 2 unspecified atom stereocenters. The summed E-state index contributed by atoms with van der Waals surface area (Å²) in [4.78, 5) is 12.6. The van der Waals surface area contributed by atoms with Gasteiger partial charge in [-0.15, -0.1) is 0 Å². The first-order valence-electron chi connectivity index (χ1n) is 5.89. The maximum Gasteiger partial charge on any atom is 0.304 e. The van der Waals surface area contributed by atoms with Crippen molar-refractivity contribution in [1.29, 1.82) is 0 Å². The van der Waals surface area contributed by atoms with Crippen LogP contribution in [0.5, 0.6) is 0 Å². The number of carbonyl (C=O) groups is 1. The lowest BCUT2D eigenvalue weighted by molar-refractivity contribution is -0.138. The van der Waals surface area contributed by atoms with Crippen LogP contribution in [0.15, 0.2) is 0 Å². The smallest absolute Gasteiger partial charge is 0.304 e. The van der Waals surface area contributed by atoms with Crippen LogP contribution in [-0.2, 0) is 4.79 Å². The Labute approximate surface area is 98.3 Å². The van der Waals surface area contributed by atoms with Crippen LogP contribution in [0, 0.1) is 5.92 Å². The summed E-state index contributed by atoms with van der Waals surface area (Å²) in [5, 5.41) is 18.9. The summed E-state index contributed by atoms with van der Waals surface area (Å²) >= 11 is 0. The minimum atomic E-state index is -0.796. The Kier molecular flexibility index (Phi) is 5.97. The van der Waals surface area contributed by atoms with E-state index in [0.717, 1.165) is 6.54 Å². The Hall–Kier alpha value is -0.610. The molecule has 2 N–H and O–H groups in total. The molecule has 0 fully saturated rings. The van der Waals surface area contributed by atoms with Crippen molar-refractivity contribution >= 4 is 5.97 Å². The molecular weight excluding hydrogens is 206 g/mol. The summed E-state index contributed by atoms with van der Waals surface area (Å²) in [7, 11) is 0. The molecule has 0 aliphatic heterocycles. The van der Waals surface area contributed by atoms with Gasteiger partial charge in [-0.25, -0.2) is 0 Å². The third kappa shape index (κ3) is 4.94. The van der Waals surface area contributed by atoms with Gasteiger partial charge in [-0.2, -0.15) is 0 Å². The van der Waals surface area contributed by atoms with Crippen LogP contribution in [0.2, 0.25) is 0 Å². The third-order valence-electron chi connectivity index (χ3n) is 3.27. The van der Waals surface area contributed by atoms with Crippen LogP contribution in [0.1, 0.15) is 41.0 Å². The largest absolute Gasteiger partial charge is 0.481 e. The van der Waals surface area contributed by atoms with Crippen molar-refractivity contribution in [1.82, 2.24) is 4.90 Å². The monoisotopic (exact) mass is 231 g/mol. The molecule has 96 valence electrons. The number of hydrogen-bond donors (Lipinski definition) is 2.